The Morgan fingerprint density at radius 1 is 1.35 bits per heavy atom. The van der Waals surface area contributed by atoms with Crippen LogP contribution in [-0.2, 0) is 13.0 Å². The Kier molecular flexibility index (Phi) is 5.23. The Balaban J connectivity index is 1.83. The average Bonchev–Trinajstić information content (AvgIpc) is 3.04. The first-order valence-electron chi connectivity index (χ1n) is 8.49. The van der Waals surface area contributed by atoms with E-state index in [0.717, 1.165) is 28.6 Å². The summed E-state index contributed by atoms with van der Waals surface area (Å²) >= 11 is 0. The van der Waals surface area contributed by atoms with Crippen molar-refractivity contribution in [3.05, 3.63) is 53.0 Å². The van der Waals surface area contributed by atoms with E-state index in [4.69, 9.17) is 4.74 Å². The number of aromatic nitrogens is 2. The van der Waals surface area contributed by atoms with E-state index in [1.807, 2.05) is 31.3 Å². The summed E-state index contributed by atoms with van der Waals surface area (Å²) in [6.07, 6.45) is 5.91. The van der Waals surface area contributed by atoms with Crippen molar-refractivity contribution in [2.45, 2.75) is 32.9 Å². The number of rotatable bonds is 6. The summed E-state index contributed by atoms with van der Waals surface area (Å²) in [4.78, 5) is 11.9. The van der Waals surface area contributed by atoms with E-state index in [1.54, 1.807) is 26.4 Å². The van der Waals surface area contributed by atoms with Crippen molar-refractivity contribution in [3.63, 3.8) is 0 Å². The topological polar surface area (TPSA) is 90.7 Å². The third-order valence-electron chi connectivity index (χ3n) is 4.48. The third-order valence-corrected chi connectivity index (χ3v) is 4.48. The monoisotopic (exact) mass is 353 g/mol. The van der Waals surface area contributed by atoms with Crippen molar-refractivity contribution in [1.82, 2.24) is 9.97 Å². The first-order valence-corrected chi connectivity index (χ1v) is 8.49. The van der Waals surface area contributed by atoms with Crippen molar-refractivity contribution < 1.29 is 14.9 Å². The lowest BCUT2D eigenvalue weighted by Gasteiger charge is -2.09. The highest BCUT2D eigenvalue weighted by Gasteiger charge is 2.11. The summed E-state index contributed by atoms with van der Waals surface area (Å²) in [6.45, 7) is 3.54. The molecule has 6 nitrogen and oxygen atoms in total. The minimum absolute atomic E-state index is 0.000356. The number of pyridine rings is 1. The van der Waals surface area contributed by atoms with E-state index in [-0.39, 0.29) is 18.4 Å². The Bertz CT molecular complexity index is 947. The fourth-order valence-corrected chi connectivity index (χ4v) is 2.95. The lowest BCUT2D eigenvalue weighted by Crippen LogP contribution is -2.05. The number of H-pyrrole nitrogens is 1. The van der Waals surface area contributed by atoms with Crippen LogP contribution in [0.2, 0.25) is 0 Å². The van der Waals surface area contributed by atoms with Gasteiger partial charge in [0.15, 0.2) is 0 Å². The number of benzene rings is 1. The molecule has 0 radical (unpaired) electrons. The molecule has 0 saturated heterocycles. The molecule has 1 aromatic carbocycles. The molecule has 6 heteroatoms. The molecule has 136 valence electrons. The number of hydrogen-bond donors (Lipinski definition) is 3. The summed E-state index contributed by atoms with van der Waals surface area (Å²) in [7, 11) is 1.66. The molecule has 2 heterocycles. The molecule has 3 aromatic rings. The number of ether oxygens (including phenoxy) is 1. The number of fused-ring (bicyclic) bond motifs is 1. The van der Waals surface area contributed by atoms with Gasteiger partial charge in [-0.3, -0.25) is 9.98 Å². The van der Waals surface area contributed by atoms with Crippen LogP contribution in [0.4, 0.5) is 0 Å². The van der Waals surface area contributed by atoms with Gasteiger partial charge in [0.1, 0.15) is 11.5 Å². The smallest absolute Gasteiger partial charge is 0.145 e. The van der Waals surface area contributed by atoms with Gasteiger partial charge >= 0.3 is 0 Å². The van der Waals surface area contributed by atoms with Gasteiger partial charge in [0.25, 0.3) is 0 Å². The molecular formula is C20H23N3O3. The van der Waals surface area contributed by atoms with Gasteiger partial charge < -0.3 is 19.9 Å². The van der Waals surface area contributed by atoms with Crippen molar-refractivity contribution in [3.8, 4) is 11.5 Å². The lowest BCUT2D eigenvalue weighted by atomic mass is 10.1. The lowest BCUT2D eigenvalue weighted by molar-refractivity contribution is 0.280. The van der Waals surface area contributed by atoms with E-state index in [1.165, 1.54) is 0 Å². The van der Waals surface area contributed by atoms with Gasteiger partial charge in [-0.1, -0.05) is 0 Å². The van der Waals surface area contributed by atoms with E-state index in [2.05, 4.69) is 15.0 Å². The number of aromatic hydroxyl groups is 1. The molecular weight excluding hydrogens is 330 g/mol. The van der Waals surface area contributed by atoms with E-state index in [9.17, 15) is 10.2 Å². The summed E-state index contributed by atoms with van der Waals surface area (Å²) in [5.41, 5.74) is 3.80. The summed E-state index contributed by atoms with van der Waals surface area (Å²) in [6, 6.07) is 5.94. The molecule has 0 aliphatic carbocycles. The second kappa shape index (κ2) is 7.58. The van der Waals surface area contributed by atoms with Gasteiger partial charge in [0.05, 0.1) is 25.5 Å². The highest BCUT2D eigenvalue weighted by atomic mass is 16.5. The molecule has 26 heavy (non-hydrogen) atoms. The van der Waals surface area contributed by atoms with Gasteiger partial charge in [0.2, 0.25) is 0 Å². The van der Waals surface area contributed by atoms with Crippen molar-refractivity contribution in [2.75, 3.05) is 7.11 Å². The quantitative estimate of drug-likeness (QED) is 0.594. The minimum Gasteiger partial charge on any atom is -0.505 e. The van der Waals surface area contributed by atoms with Gasteiger partial charge in [-0.2, -0.15) is 0 Å². The first-order chi connectivity index (χ1) is 12.5. The van der Waals surface area contributed by atoms with E-state index < -0.39 is 0 Å². The first kappa shape index (κ1) is 17.9. The van der Waals surface area contributed by atoms with Gasteiger partial charge in [0, 0.05) is 40.6 Å². The molecule has 2 aromatic heterocycles. The SMILES string of the molecule is COc1ccc2[nH]cc(CC(C)N=Cc3c(CO)cnc(C)c3O)c2c1. The molecule has 0 aliphatic heterocycles. The van der Waals surface area contributed by atoms with Crippen LogP contribution in [0, 0.1) is 6.92 Å². The Morgan fingerprint density at radius 2 is 2.15 bits per heavy atom. The number of aliphatic hydroxyl groups excluding tert-OH is 1. The average molecular weight is 353 g/mol. The number of aliphatic hydroxyl groups is 1. The number of aryl methyl sites for hydroxylation is 1. The molecule has 0 bridgehead atoms. The Morgan fingerprint density at radius 3 is 2.88 bits per heavy atom. The molecule has 3 N–H and O–H groups in total. The molecule has 0 saturated carbocycles. The number of methoxy groups -OCH3 is 1. The fraction of sp³-hybridized carbons (Fsp3) is 0.300. The molecule has 3 rings (SSSR count). The largest absolute Gasteiger partial charge is 0.505 e. The number of aliphatic imine (C=N–C) groups is 1. The maximum absolute atomic E-state index is 10.2. The normalized spacial score (nSPS) is 12.8. The highest BCUT2D eigenvalue weighted by Crippen LogP contribution is 2.25. The van der Waals surface area contributed by atoms with Gasteiger partial charge in [-0.15, -0.1) is 0 Å². The maximum Gasteiger partial charge on any atom is 0.145 e. The van der Waals surface area contributed by atoms with E-state index >= 15 is 0 Å². The fourth-order valence-electron chi connectivity index (χ4n) is 2.95. The van der Waals surface area contributed by atoms with Crippen LogP contribution in [0.3, 0.4) is 0 Å². The Hall–Kier alpha value is -2.86. The molecule has 0 amide bonds. The van der Waals surface area contributed by atoms with Crippen molar-refractivity contribution >= 4 is 17.1 Å². The number of hydrogen-bond acceptors (Lipinski definition) is 5. The van der Waals surface area contributed by atoms with Crippen LogP contribution in [0.5, 0.6) is 11.5 Å². The van der Waals surface area contributed by atoms with E-state index in [0.29, 0.717) is 16.8 Å². The summed E-state index contributed by atoms with van der Waals surface area (Å²) in [5, 5.41) is 20.8. The van der Waals surface area contributed by atoms with Crippen molar-refractivity contribution in [2.24, 2.45) is 4.99 Å². The minimum atomic E-state index is -0.196. The molecule has 1 unspecified atom stereocenters. The zero-order chi connectivity index (χ0) is 18.7. The van der Waals surface area contributed by atoms with Crippen LogP contribution in [0.15, 0.2) is 35.6 Å². The van der Waals surface area contributed by atoms with Crippen LogP contribution in [-0.4, -0.2) is 39.5 Å². The van der Waals surface area contributed by atoms with Crippen molar-refractivity contribution in [1.29, 1.82) is 0 Å². The van der Waals surface area contributed by atoms with Crippen LogP contribution < -0.4 is 4.74 Å². The Labute approximate surface area is 152 Å². The predicted octanol–water partition coefficient (Wildman–Crippen LogP) is 3.13. The predicted molar refractivity (Wildman–Crippen MR) is 102 cm³/mol. The van der Waals surface area contributed by atoms with Gasteiger partial charge in [-0.25, -0.2) is 0 Å². The van der Waals surface area contributed by atoms with Crippen LogP contribution in [0.1, 0.15) is 29.3 Å². The highest BCUT2D eigenvalue weighted by molar-refractivity contribution is 5.86. The van der Waals surface area contributed by atoms with Gasteiger partial charge in [-0.05, 0) is 44.0 Å². The second-order valence-corrected chi connectivity index (χ2v) is 6.35. The molecule has 0 spiro atoms. The zero-order valence-electron chi connectivity index (χ0n) is 15.2. The second-order valence-electron chi connectivity index (χ2n) is 6.35. The molecule has 0 aliphatic rings. The summed E-state index contributed by atoms with van der Waals surface area (Å²) < 4.78 is 5.31. The van der Waals surface area contributed by atoms with Crippen LogP contribution in [0.25, 0.3) is 10.9 Å². The number of nitrogens with zero attached hydrogens (tertiary/aromatic N) is 2. The number of aromatic amines is 1. The standard InChI is InChI=1S/C20H23N3O3/c1-12(21-10-18-15(11-24)9-22-13(2)20(18)25)6-14-8-23-19-5-4-16(26-3)7-17(14)19/h4-5,7-10,12,23-25H,6,11H2,1-3H3. The summed E-state index contributed by atoms with van der Waals surface area (Å²) in [5.74, 6) is 0.878. The molecule has 1 atom stereocenters. The maximum atomic E-state index is 10.2. The third kappa shape index (κ3) is 3.55. The molecule has 0 fully saturated rings. The zero-order valence-corrected chi connectivity index (χ0v) is 15.2. The number of nitrogens with one attached hydrogen (secondary N) is 1. The van der Waals surface area contributed by atoms with Crippen LogP contribution >= 0.6 is 0 Å².